The van der Waals surface area contributed by atoms with Gasteiger partial charge in [-0.25, -0.2) is 38.2 Å². The maximum absolute atomic E-state index is 15.1. The predicted molar refractivity (Wildman–Crippen MR) is 241 cm³/mol. The second-order valence-electron chi connectivity index (χ2n) is 18.8. The van der Waals surface area contributed by atoms with E-state index >= 15 is 8.78 Å². The maximum Gasteiger partial charge on any atom is 0.409 e. The summed E-state index contributed by atoms with van der Waals surface area (Å²) >= 11 is 0. The molecule has 4 aromatic heterocycles. The molecule has 350 valence electrons. The van der Waals surface area contributed by atoms with Crippen molar-refractivity contribution in [3.63, 3.8) is 0 Å². The molecule has 1 saturated carbocycles. The van der Waals surface area contributed by atoms with Crippen molar-refractivity contribution in [2.24, 2.45) is 0 Å². The van der Waals surface area contributed by atoms with E-state index in [2.05, 4.69) is 30.7 Å². The fraction of sp³-hybridized carbons (Fsp3) is 0.543. The molecule has 4 aliphatic rings. The Hall–Kier alpha value is -6.31. The molecule has 4 fully saturated rings. The number of fused-ring (bicyclic) bond motifs is 1. The van der Waals surface area contributed by atoms with Gasteiger partial charge in [0.25, 0.3) is 0 Å². The van der Waals surface area contributed by atoms with E-state index in [4.69, 9.17) is 30.1 Å². The van der Waals surface area contributed by atoms with Crippen LogP contribution in [0.5, 0.6) is 0 Å². The van der Waals surface area contributed by atoms with Crippen molar-refractivity contribution in [3.8, 4) is 22.8 Å². The summed E-state index contributed by atoms with van der Waals surface area (Å²) in [5, 5.41) is 15.1. The van der Waals surface area contributed by atoms with Gasteiger partial charge >= 0.3 is 6.09 Å². The van der Waals surface area contributed by atoms with Gasteiger partial charge in [-0.3, -0.25) is 19.8 Å². The van der Waals surface area contributed by atoms with Crippen molar-refractivity contribution in [2.75, 3.05) is 68.4 Å². The minimum atomic E-state index is -0.726. The lowest BCUT2D eigenvalue weighted by molar-refractivity contribution is -0.133. The zero-order valence-corrected chi connectivity index (χ0v) is 37.7. The van der Waals surface area contributed by atoms with Gasteiger partial charge in [0.1, 0.15) is 35.3 Å². The minimum absolute atomic E-state index is 0.0668. The number of nitrogens with two attached hydrogens (primary N) is 1. The van der Waals surface area contributed by atoms with Gasteiger partial charge in [0.2, 0.25) is 11.8 Å². The standard InChI is InChI=1S/C46H57F2N13O5/c1-46(2,3)61-43-36(41(49)52-26-53-43)37(56-61)38-35(40(66-57-38)28-8-9-28)42-50-24-29(25-51-42)27-12-15-60(16-13-27)45(64)65-21-7-5-4-6-14-58-17-19-59(20-18-58)39-31(47)22-30(23-32(39)48)54-33-10-11-34(62)55-44(33)63/h22-28,33,54H,4-21H2,1-3H3,(H2,49,52,53)(H,55,62,63). The lowest BCUT2D eigenvalue weighted by Gasteiger charge is -2.36. The van der Waals surface area contributed by atoms with Gasteiger partial charge in [0.15, 0.2) is 28.9 Å². The van der Waals surface area contributed by atoms with Crippen LogP contribution >= 0.6 is 0 Å². The number of nitrogen functional groups attached to an aromatic ring is 1. The summed E-state index contributed by atoms with van der Waals surface area (Å²) in [6.45, 7) is 10.9. The van der Waals surface area contributed by atoms with Crippen LogP contribution in [-0.2, 0) is 19.9 Å². The Morgan fingerprint density at radius 1 is 0.894 bits per heavy atom. The SMILES string of the molecule is CC(C)(C)n1nc(-c2noc(C3CC3)c2-c2ncc(C3CCN(C(=O)OCCCCCCN4CCN(c5c(F)cc(NC6CCC(=O)NC6=O)cc5F)CC4)CC3)cn2)c2c(N)ncnc21. The number of anilines is 3. The molecule has 7 heterocycles. The summed E-state index contributed by atoms with van der Waals surface area (Å²) in [6, 6.07) is 1.68. The van der Waals surface area contributed by atoms with Gasteiger partial charge in [0.05, 0.1) is 23.1 Å². The van der Waals surface area contributed by atoms with Gasteiger partial charge in [-0.15, -0.1) is 0 Å². The van der Waals surface area contributed by atoms with Crippen LogP contribution < -0.4 is 21.3 Å². The first-order valence-corrected chi connectivity index (χ1v) is 23.1. The van der Waals surface area contributed by atoms with Gasteiger partial charge in [-0.1, -0.05) is 18.0 Å². The van der Waals surface area contributed by atoms with Crippen LogP contribution in [-0.4, -0.2) is 121 Å². The number of benzene rings is 1. The topological polar surface area (TPSA) is 216 Å². The summed E-state index contributed by atoms with van der Waals surface area (Å²) < 4.78 is 43.7. The second-order valence-corrected chi connectivity index (χ2v) is 18.8. The number of ether oxygens (including phenoxy) is 1. The van der Waals surface area contributed by atoms with Gasteiger partial charge in [-0.2, -0.15) is 5.10 Å². The lowest BCUT2D eigenvalue weighted by Crippen LogP contribution is -2.47. The number of hydrogen-bond donors (Lipinski definition) is 3. The monoisotopic (exact) mass is 909 g/mol. The van der Waals surface area contributed by atoms with Crippen LogP contribution in [0.15, 0.2) is 35.4 Å². The smallest absolute Gasteiger partial charge is 0.409 e. The molecule has 5 aromatic rings. The van der Waals surface area contributed by atoms with Crippen molar-refractivity contribution in [3.05, 3.63) is 53.8 Å². The Kier molecular flexibility index (Phi) is 12.8. The highest BCUT2D eigenvalue weighted by Gasteiger charge is 2.37. The van der Waals surface area contributed by atoms with E-state index < -0.39 is 23.6 Å². The first-order valence-electron chi connectivity index (χ1n) is 23.1. The van der Waals surface area contributed by atoms with E-state index in [1.54, 1.807) is 9.80 Å². The molecule has 20 heteroatoms. The van der Waals surface area contributed by atoms with Crippen LogP contribution in [0, 0.1) is 11.6 Å². The number of halogens is 2. The first kappa shape index (κ1) is 44.9. The second kappa shape index (κ2) is 18.9. The Morgan fingerprint density at radius 2 is 1.61 bits per heavy atom. The van der Waals surface area contributed by atoms with Crippen LogP contribution in [0.25, 0.3) is 33.8 Å². The number of carbonyl (C=O) groups excluding carboxylic acids is 3. The zero-order valence-electron chi connectivity index (χ0n) is 37.7. The molecule has 3 amide bonds. The molecule has 1 atom stereocenters. The van der Waals surface area contributed by atoms with Crippen LogP contribution in [0.2, 0.25) is 0 Å². The molecular formula is C46H57F2N13O5. The number of aromatic nitrogens is 7. The highest BCUT2D eigenvalue weighted by molar-refractivity contribution is 6.02. The molecule has 18 nitrogen and oxygen atoms in total. The summed E-state index contributed by atoms with van der Waals surface area (Å²) in [4.78, 5) is 60.7. The largest absolute Gasteiger partial charge is 0.449 e. The molecule has 66 heavy (non-hydrogen) atoms. The van der Waals surface area contributed by atoms with Gasteiger partial charge in [-0.05, 0) is 95.9 Å². The van der Waals surface area contributed by atoms with Gasteiger partial charge in [0, 0.05) is 69.7 Å². The average Bonchev–Trinajstić information content (AvgIpc) is 3.91. The molecule has 1 aliphatic carbocycles. The number of nitrogens with one attached hydrogen (secondary N) is 2. The zero-order chi connectivity index (χ0) is 46.1. The summed E-state index contributed by atoms with van der Waals surface area (Å²) in [7, 11) is 0. The van der Waals surface area contributed by atoms with E-state index in [-0.39, 0.29) is 53.6 Å². The Labute approximate surface area is 381 Å². The molecular weight excluding hydrogens is 853 g/mol. The molecule has 0 spiro atoms. The van der Waals surface area contributed by atoms with E-state index in [1.165, 1.54) is 18.5 Å². The molecule has 3 saturated heterocycles. The Bertz CT molecular complexity index is 2550. The number of amides is 3. The first-order chi connectivity index (χ1) is 31.8. The van der Waals surface area contributed by atoms with Crippen molar-refractivity contribution in [2.45, 2.75) is 108 Å². The number of nitrogens with zero attached hydrogens (tertiary/aromatic N) is 10. The number of unbranched alkanes of at least 4 members (excludes halogenated alkanes) is 3. The number of imide groups is 1. The van der Waals surface area contributed by atoms with Crippen molar-refractivity contribution in [1.82, 2.24) is 50.0 Å². The van der Waals surface area contributed by atoms with Crippen molar-refractivity contribution in [1.29, 1.82) is 0 Å². The highest BCUT2D eigenvalue weighted by Crippen LogP contribution is 2.48. The van der Waals surface area contributed by atoms with E-state index in [0.717, 1.165) is 69.2 Å². The molecule has 1 unspecified atom stereocenters. The summed E-state index contributed by atoms with van der Waals surface area (Å²) in [6.07, 6.45) is 12.5. The molecule has 3 aliphatic heterocycles. The van der Waals surface area contributed by atoms with Crippen molar-refractivity contribution >= 4 is 46.1 Å². The lowest BCUT2D eigenvalue weighted by atomic mass is 9.91. The minimum Gasteiger partial charge on any atom is -0.449 e. The van der Waals surface area contributed by atoms with Crippen molar-refractivity contribution < 1.29 is 32.4 Å². The molecule has 9 rings (SSSR count). The van der Waals surface area contributed by atoms with Crippen LogP contribution in [0.1, 0.15) is 108 Å². The number of piperazine rings is 1. The normalized spacial score (nSPS) is 18.8. The fourth-order valence-electron chi connectivity index (χ4n) is 9.21. The number of rotatable bonds is 14. The molecule has 0 bridgehead atoms. The van der Waals surface area contributed by atoms with Crippen LogP contribution in [0.3, 0.4) is 0 Å². The Morgan fingerprint density at radius 3 is 2.29 bits per heavy atom. The molecule has 0 radical (unpaired) electrons. The van der Waals surface area contributed by atoms with E-state index in [0.29, 0.717) is 85.5 Å². The summed E-state index contributed by atoms with van der Waals surface area (Å²) in [5.74, 6) is -0.253. The molecule has 4 N–H and O–H groups in total. The molecule has 1 aromatic carbocycles. The van der Waals surface area contributed by atoms with E-state index in [1.807, 2.05) is 37.8 Å². The van der Waals surface area contributed by atoms with Gasteiger partial charge < -0.3 is 30.1 Å². The number of likely N-dealkylation sites (tertiary alicyclic amines) is 1. The average molecular weight is 910 g/mol. The van der Waals surface area contributed by atoms with E-state index in [9.17, 15) is 14.4 Å². The third-order valence-corrected chi connectivity index (χ3v) is 13.0. The Balaban J connectivity index is 0.693. The quantitative estimate of drug-likeness (QED) is 0.0818. The number of hydrogen-bond acceptors (Lipinski definition) is 15. The number of carbonyl (C=O) groups is 3. The van der Waals surface area contributed by atoms with Crippen LogP contribution in [0.4, 0.5) is 30.8 Å². The number of piperidine rings is 2. The summed E-state index contributed by atoms with van der Waals surface area (Å²) in [5.41, 5.74) is 9.49. The predicted octanol–water partition coefficient (Wildman–Crippen LogP) is 6.35. The fourth-order valence-corrected chi connectivity index (χ4v) is 9.21. The third kappa shape index (κ3) is 9.64. The maximum atomic E-state index is 15.1. The highest BCUT2D eigenvalue weighted by atomic mass is 19.1. The third-order valence-electron chi connectivity index (χ3n) is 13.0.